The van der Waals surface area contributed by atoms with Crippen molar-refractivity contribution in [2.45, 2.75) is 52.1 Å². The van der Waals surface area contributed by atoms with Crippen molar-refractivity contribution in [1.82, 2.24) is 10.2 Å². The van der Waals surface area contributed by atoms with E-state index in [9.17, 15) is 9.59 Å². The maximum atomic E-state index is 13.6. The van der Waals surface area contributed by atoms with Crippen molar-refractivity contribution < 1.29 is 14.3 Å². The zero-order valence-electron chi connectivity index (χ0n) is 21.5. The first kappa shape index (κ1) is 27.3. The van der Waals surface area contributed by atoms with Crippen molar-refractivity contribution in [3.05, 3.63) is 101 Å². The molecule has 5 nitrogen and oxygen atoms in total. The molecule has 6 heteroatoms. The standard InChI is InChI=1S/C30H35ClN2O3/c1-5-32-29(35)27(19-22-11-7-6-8-12-22)33(20-23-13-9-10-14-26(23)31)28(34)21-36-25-17-15-24(16-18-25)30(2,3)4/h6-18,27H,5,19-21H2,1-4H3,(H,32,35)/t27-/m0/s1. The molecule has 0 aliphatic rings. The Morgan fingerprint density at radius 3 is 2.19 bits per heavy atom. The smallest absolute Gasteiger partial charge is 0.261 e. The number of hydrogen-bond donors (Lipinski definition) is 1. The van der Waals surface area contributed by atoms with Gasteiger partial charge in [0, 0.05) is 24.5 Å². The maximum absolute atomic E-state index is 13.6. The Hall–Kier alpha value is -3.31. The Kier molecular flexibility index (Phi) is 9.54. The van der Waals surface area contributed by atoms with Gasteiger partial charge in [-0.2, -0.15) is 0 Å². The number of amides is 2. The number of nitrogens with one attached hydrogen (secondary N) is 1. The van der Waals surface area contributed by atoms with Crippen LogP contribution in [0.4, 0.5) is 0 Å². The molecule has 0 aliphatic heterocycles. The Balaban J connectivity index is 1.86. The van der Waals surface area contributed by atoms with Crippen LogP contribution >= 0.6 is 11.6 Å². The van der Waals surface area contributed by atoms with Crippen molar-refractivity contribution in [3.63, 3.8) is 0 Å². The van der Waals surface area contributed by atoms with Gasteiger partial charge in [-0.1, -0.05) is 93.0 Å². The number of nitrogens with zero attached hydrogens (tertiary/aromatic N) is 1. The predicted octanol–water partition coefficient (Wildman–Crippen LogP) is 5.79. The van der Waals surface area contributed by atoms with Gasteiger partial charge in [-0.3, -0.25) is 9.59 Å². The zero-order chi connectivity index (χ0) is 26.1. The average molecular weight is 507 g/mol. The molecule has 0 fully saturated rings. The molecule has 0 aliphatic carbocycles. The topological polar surface area (TPSA) is 58.6 Å². The van der Waals surface area contributed by atoms with Crippen LogP contribution < -0.4 is 10.1 Å². The lowest BCUT2D eigenvalue weighted by molar-refractivity contribution is -0.142. The Morgan fingerprint density at radius 1 is 0.944 bits per heavy atom. The van der Waals surface area contributed by atoms with E-state index >= 15 is 0 Å². The lowest BCUT2D eigenvalue weighted by Crippen LogP contribution is -2.51. The molecule has 0 saturated carbocycles. The van der Waals surface area contributed by atoms with Gasteiger partial charge in [0.25, 0.3) is 5.91 Å². The van der Waals surface area contributed by atoms with E-state index < -0.39 is 6.04 Å². The monoisotopic (exact) mass is 506 g/mol. The minimum Gasteiger partial charge on any atom is -0.484 e. The molecule has 3 rings (SSSR count). The molecule has 0 bridgehead atoms. The van der Waals surface area contributed by atoms with Crippen LogP contribution in [0.3, 0.4) is 0 Å². The van der Waals surface area contributed by atoms with Crippen LogP contribution in [0.25, 0.3) is 0 Å². The molecule has 0 spiro atoms. The highest BCUT2D eigenvalue weighted by molar-refractivity contribution is 6.31. The molecule has 190 valence electrons. The molecule has 0 radical (unpaired) electrons. The molecule has 3 aromatic rings. The van der Waals surface area contributed by atoms with Crippen molar-refractivity contribution in [1.29, 1.82) is 0 Å². The van der Waals surface area contributed by atoms with Gasteiger partial charge in [-0.25, -0.2) is 0 Å². The Morgan fingerprint density at radius 2 is 1.58 bits per heavy atom. The summed E-state index contributed by atoms with van der Waals surface area (Å²) in [7, 11) is 0. The maximum Gasteiger partial charge on any atom is 0.261 e. The van der Waals surface area contributed by atoms with Crippen LogP contribution in [-0.4, -0.2) is 35.9 Å². The highest BCUT2D eigenvalue weighted by atomic mass is 35.5. The van der Waals surface area contributed by atoms with Crippen LogP contribution in [0.2, 0.25) is 5.02 Å². The third-order valence-electron chi connectivity index (χ3n) is 6.00. The lowest BCUT2D eigenvalue weighted by atomic mass is 9.87. The molecular weight excluding hydrogens is 472 g/mol. The minimum atomic E-state index is -0.719. The summed E-state index contributed by atoms with van der Waals surface area (Å²) in [4.78, 5) is 28.3. The molecule has 1 atom stereocenters. The Labute approximate surface area is 219 Å². The molecule has 3 aromatic carbocycles. The summed E-state index contributed by atoms with van der Waals surface area (Å²) in [5, 5.41) is 3.43. The van der Waals surface area contributed by atoms with Gasteiger partial charge in [0.15, 0.2) is 6.61 Å². The van der Waals surface area contributed by atoms with E-state index in [4.69, 9.17) is 16.3 Å². The number of hydrogen-bond acceptors (Lipinski definition) is 3. The second-order valence-electron chi connectivity index (χ2n) is 9.78. The first-order valence-electron chi connectivity index (χ1n) is 12.3. The molecular formula is C30H35ClN2O3. The van der Waals surface area contributed by atoms with Gasteiger partial charge in [0.05, 0.1) is 0 Å². The van der Waals surface area contributed by atoms with Crippen LogP contribution in [0, 0.1) is 0 Å². The van der Waals surface area contributed by atoms with Crippen molar-refractivity contribution in [2.75, 3.05) is 13.2 Å². The van der Waals surface area contributed by atoms with Crippen LogP contribution in [0.1, 0.15) is 44.4 Å². The first-order chi connectivity index (χ1) is 17.2. The Bertz CT molecular complexity index is 1140. The molecule has 0 aromatic heterocycles. The summed E-state index contributed by atoms with van der Waals surface area (Å²) >= 11 is 6.43. The van der Waals surface area contributed by atoms with Gasteiger partial charge >= 0.3 is 0 Å². The molecule has 1 N–H and O–H groups in total. The third-order valence-corrected chi connectivity index (χ3v) is 6.37. The summed E-state index contributed by atoms with van der Waals surface area (Å²) < 4.78 is 5.87. The predicted molar refractivity (Wildman–Crippen MR) is 145 cm³/mol. The summed E-state index contributed by atoms with van der Waals surface area (Å²) in [6.45, 7) is 8.77. The number of carbonyl (C=O) groups excluding carboxylic acids is 2. The van der Waals surface area contributed by atoms with E-state index in [0.717, 1.165) is 11.1 Å². The van der Waals surface area contributed by atoms with Crippen molar-refractivity contribution >= 4 is 23.4 Å². The number of halogens is 1. The second-order valence-corrected chi connectivity index (χ2v) is 10.2. The van der Waals surface area contributed by atoms with E-state index in [1.165, 1.54) is 5.56 Å². The fourth-order valence-electron chi connectivity index (χ4n) is 3.94. The minimum absolute atomic E-state index is 0.0252. The van der Waals surface area contributed by atoms with Gasteiger partial charge < -0.3 is 15.0 Å². The number of benzene rings is 3. The normalized spacial score (nSPS) is 12.0. The van der Waals surface area contributed by atoms with Gasteiger partial charge in [0.1, 0.15) is 11.8 Å². The molecule has 0 unspecified atom stereocenters. The van der Waals surface area contributed by atoms with Crippen molar-refractivity contribution in [3.8, 4) is 5.75 Å². The second kappa shape index (κ2) is 12.6. The summed E-state index contributed by atoms with van der Waals surface area (Å²) in [6.07, 6.45) is 0.378. The highest BCUT2D eigenvalue weighted by Crippen LogP contribution is 2.25. The average Bonchev–Trinajstić information content (AvgIpc) is 2.86. The molecule has 2 amide bonds. The zero-order valence-corrected chi connectivity index (χ0v) is 22.2. The molecule has 36 heavy (non-hydrogen) atoms. The van der Waals surface area contributed by atoms with Crippen molar-refractivity contribution in [2.24, 2.45) is 0 Å². The SMILES string of the molecule is CCNC(=O)[C@H](Cc1ccccc1)N(Cc1ccccc1Cl)C(=O)COc1ccc(C(C)(C)C)cc1. The fraction of sp³-hybridized carbons (Fsp3) is 0.333. The lowest BCUT2D eigenvalue weighted by Gasteiger charge is -2.31. The van der Waals surface area contributed by atoms with E-state index in [-0.39, 0.29) is 30.4 Å². The van der Waals surface area contributed by atoms with E-state index in [2.05, 4.69) is 26.1 Å². The van der Waals surface area contributed by atoms with E-state index in [1.807, 2.05) is 79.7 Å². The summed E-state index contributed by atoms with van der Waals surface area (Å²) in [5.74, 6) is 0.102. The highest BCUT2D eigenvalue weighted by Gasteiger charge is 2.31. The quantitative estimate of drug-likeness (QED) is 0.378. The number of rotatable bonds is 10. The summed E-state index contributed by atoms with van der Waals surface area (Å²) in [6, 6.07) is 24.1. The van der Waals surface area contributed by atoms with Crippen LogP contribution in [-0.2, 0) is 28.0 Å². The number of likely N-dealkylation sites (N-methyl/N-ethyl adjacent to an activating group) is 1. The number of ether oxygens (including phenoxy) is 1. The van der Waals surface area contributed by atoms with Crippen LogP contribution in [0.5, 0.6) is 5.75 Å². The van der Waals surface area contributed by atoms with Gasteiger partial charge in [0.2, 0.25) is 5.91 Å². The van der Waals surface area contributed by atoms with Gasteiger partial charge in [-0.15, -0.1) is 0 Å². The fourth-order valence-corrected chi connectivity index (χ4v) is 4.13. The largest absolute Gasteiger partial charge is 0.484 e. The molecule has 0 heterocycles. The first-order valence-corrected chi connectivity index (χ1v) is 12.6. The third kappa shape index (κ3) is 7.59. The van der Waals surface area contributed by atoms with E-state index in [1.54, 1.807) is 11.0 Å². The van der Waals surface area contributed by atoms with Gasteiger partial charge in [-0.05, 0) is 47.2 Å². The van der Waals surface area contributed by atoms with E-state index in [0.29, 0.717) is 23.7 Å². The molecule has 0 saturated heterocycles. The van der Waals surface area contributed by atoms with Crippen LogP contribution in [0.15, 0.2) is 78.9 Å². The number of carbonyl (C=O) groups is 2. The summed E-state index contributed by atoms with van der Waals surface area (Å²) in [5.41, 5.74) is 2.94.